The minimum Gasteiger partial charge on any atom is -0.497 e. The highest BCUT2D eigenvalue weighted by Gasteiger charge is 2.19. The average molecular weight is 502 g/mol. The van der Waals surface area contributed by atoms with Gasteiger partial charge in [0.2, 0.25) is 5.13 Å². The largest absolute Gasteiger partial charge is 0.497 e. The van der Waals surface area contributed by atoms with E-state index in [2.05, 4.69) is 15.5 Å². The topological polar surface area (TPSA) is 127 Å². The third-order valence-electron chi connectivity index (χ3n) is 5.91. The number of nitrogens with one attached hydrogen (secondary N) is 2. The molecule has 0 aliphatic carbocycles. The van der Waals surface area contributed by atoms with Gasteiger partial charge in [-0.05, 0) is 55.7 Å². The predicted octanol–water partition coefficient (Wildman–Crippen LogP) is 3.10. The van der Waals surface area contributed by atoms with Gasteiger partial charge in [0, 0.05) is 12.7 Å². The normalized spacial score (nSPS) is 11.2. The van der Waals surface area contributed by atoms with Crippen LogP contribution in [0.4, 0.5) is 5.13 Å². The van der Waals surface area contributed by atoms with Crippen molar-refractivity contribution in [3.63, 3.8) is 0 Å². The molecule has 0 radical (unpaired) electrons. The Bertz CT molecular complexity index is 1740. The van der Waals surface area contributed by atoms with E-state index in [1.807, 2.05) is 37.3 Å². The molecule has 5 aromatic rings. The molecule has 11 heteroatoms. The zero-order chi connectivity index (χ0) is 25.4. The van der Waals surface area contributed by atoms with Gasteiger partial charge in [0.05, 0.1) is 18.1 Å². The summed E-state index contributed by atoms with van der Waals surface area (Å²) in [5.41, 5.74) is 2.42. The SMILES string of the molecule is COc1ccc(CCn2c(=N)c(C(=O)Nc3nnc(C)s3)cc3c(=O)n4cccc(C)c4nc32)cc1. The summed E-state index contributed by atoms with van der Waals surface area (Å²) in [7, 11) is 1.61. The number of methoxy groups -OCH3 is 1. The number of ether oxygens (including phenoxy) is 1. The highest BCUT2D eigenvalue weighted by molar-refractivity contribution is 7.15. The third kappa shape index (κ3) is 4.24. The number of carbonyl (C=O) groups is 1. The van der Waals surface area contributed by atoms with Crippen LogP contribution in [-0.2, 0) is 13.0 Å². The van der Waals surface area contributed by atoms with Gasteiger partial charge in [-0.25, -0.2) is 4.98 Å². The van der Waals surface area contributed by atoms with Gasteiger partial charge in [-0.2, -0.15) is 0 Å². The van der Waals surface area contributed by atoms with Crippen LogP contribution >= 0.6 is 11.3 Å². The molecule has 2 N–H and O–H groups in total. The fourth-order valence-corrected chi connectivity index (χ4v) is 4.62. The molecule has 1 aromatic carbocycles. The number of hydrogen-bond acceptors (Lipinski definition) is 8. The third-order valence-corrected chi connectivity index (χ3v) is 6.66. The first kappa shape index (κ1) is 23.4. The summed E-state index contributed by atoms with van der Waals surface area (Å²) >= 11 is 1.23. The molecule has 0 saturated heterocycles. The average Bonchev–Trinajstić information content (AvgIpc) is 3.28. The molecule has 36 heavy (non-hydrogen) atoms. The summed E-state index contributed by atoms with van der Waals surface area (Å²) in [6.45, 7) is 4.00. The van der Waals surface area contributed by atoms with Gasteiger partial charge in [0.1, 0.15) is 27.5 Å². The minimum absolute atomic E-state index is 0.0421. The van der Waals surface area contributed by atoms with E-state index < -0.39 is 5.91 Å². The zero-order valence-corrected chi connectivity index (χ0v) is 20.7. The van der Waals surface area contributed by atoms with Gasteiger partial charge in [-0.1, -0.05) is 29.5 Å². The molecule has 0 saturated carbocycles. The Labute approximate surface area is 209 Å². The first-order valence-corrected chi connectivity index (χ1v) is 12.0. The molecule has 182 valence electrons. The van der Waals surface area contributed by atoms with Crippen LogP contribution in [0.15, 0.2) is 53.5 Å². The lowest BCUT2D eigenvalue weighted by Gasteiger charge is -2.15. The van der Waals surface area contributed by atoms with Crippen LogP contribution < -0.4 is 21.1 Å². The van der Waals surface area contributed by atoms with Crippen LogP contribution in [0.25, 0.3) is 16.7 Å². The lowest BCUT2D eigenvalue weighted by Crippen LogP contribution is -2.32. The Morgan fingerprint density at radius 1 is 1.14 bits per heavy atom. The van der Waals surface area contributed by atoms with Crippen molar-refractivity contribution in [1.29, 1.82) is 5.41 Å². The molecule has 10 nitrogen and oxygen atoms in total. The van der Waals surface area contributed by atoms with Gasteiger partial charge in [0.15, 0.2) is 0 Å². The Morgan fingerprint density at radius 3 is 2.61 bits per heavy atom. The van der Waals surface area contributed by atoms with E-state index in [1.165, 1.54) is 21.8 Å². The van der Waals surface area contributed by atoms with E-state index in [1.54, 1.807) is 30.9 Å². The first-order valence-electron chi connectivity index (χ1n) is 11.2. The molecule has 0 fully saturated rings. The number of pyridine rings is 2. The van der Waals surface area contributed by atoms with Crippen LogP contribution in [0.3, 0.4) is 0 Å². The quantitative estimate of drug-likeness (QED) is 0.344. The number of benzene rings is 1. The van der Waals surface area contributed by atoms with Crippen molar-refractivity contribution in [2.75, 3.05) is 12.4 Å². The van der Waals surface area contributed by atoms with Crippen molar-refractivity contribution >= 4 is 39.1 Å². The zero-order valence-electron chi connectivity index (χ0n) is 19.9. The molecule has 4 heterocycles. The molecular formula is C25H23N7O3S. The number of aryl methyl sites for hydroxylation is 4. The molecule has 5 rings (SSSR count). The summed E-state index contributed by atoms with van der Waals surface area (Å²) in [6.07, 6.45) is 2.21. The second-order valence-corrected chi connectivity index (χ2v) is 9.46. The fourth-order valence-electron chi connectivity index (χ4n) is 4.03. The van der Waals surface area contributed by atoms with E-state index >= 15 is 0 Å². The van der Waals surface area contributed by atoms with Crippen molar-refractivity contribution in [3.05, 3.63) is 86.2 Å². The molecule has 0 unspecified atom stereocenters. The molecular weight excluding hydrogens is 478 g/mol. The number of carbonyl (C=O) groups excluding carboxylic acids is 1. The van der Waals surface area contributed by atoms with Gasteiger partial charge in [-0.3, -0.25) is 24.7 Å². The lowest BCUT2D eigenvalue weighted by molar-refractivity contribution is 0.102. The van der Waals surface area contributed by atoms with E-state index in [-0.39, 0.29) is 22.0 Å². The van der Waals surface area contributed by atoms with Gasteiger partial charge < -0.3 is 9.30 Å². The standard InChI is InChI=1S/C25H23N7O3S/c1-14-5-4-11-32-21(14)27-22-19(24(32)34)13-18(23(33)28-25-30-29-15(2)36-25)20(26)31(22)12-10-16-6-8-17(35-3)9-7-16/h4-9,11,13,26H,10,12H2,1-3H3,(H,28,30,33). The number of hydrogen-bond donors (Lipinski definition) is 2. The first-order chi connectivity index (χ1) is 17.4. The van der Waals surface area contributed by atoms with E-state index in [0.717, 1.165) is 16.9 Å². The Balaban J connectivity index is 1.66. The number of aromatic nitrogens is 5. The van der Waals surface area contributed by atoms with E-state index in [9.17, 15) is 9.59 Å². The number of fused-ring (bicyclic) bond motifs is 2. The Hall–Kier alpha value is -4.38. The molecule has 0 aliphatic rings. The second-order valence-electron chi connectivity index (χ2n) is 8.28. The summed E-state index contributed by atoms with van der Waals surface area (Å²) in [6, 6.07) is 12.7. The summed E-state index contributed by atoms with van der Waals surface area (Å²) in [5, 5.41) is 20.7. The molecule has 1 amide bonds. The number of rotatable bonds is 6. The van der Waals surface area contributed by atoms with E-state index in [4.69, 9.17) is 15.1 Å². The monoisotopic (exact) mass is 501 g/mol. The van der Waals surface area contributed by atoms with Crippen molar-refractivity contribution < 1.29 is 9.53 Å². The maximum atomic E-state index is 13.5. The molecule has 0 atom stereocenters. The number of amides is 1. The second kappa shape index (κ2) is 9.34. The predicted molar refractivity (Wildman–Crippen MR) is 137 cm³/mol. The van der Waals surface area contributed by atoms with Gasteiger partial charge in [-0.15, -0.1) is 10.2 Å². The smallest absolute Gasteiger partial charge is 0.267 e. The van der Waals surface area contributed by atoms with Gasteiger partial charge in [0.25, 0.3) is 11.5 Å². The van der Waals surface area contributed by atoms with Crippen LogP contribution in [0.1, 0.15) is 26.5 Å². The Kier molecular flexibility index (Phi) is 6.06. The van der Waals surface area contributed by atoms with E-state index in [0.29, 0.717) is 34.4 Å². The lowest BCUT2D eigenvalue weighted by atomic mass is 10.1. The van der Waals surface area contributed by atoms with Crippen molar-refractivity contribution in [2.24, 2.45) is 0 Å². The van der Waals surface area contributed by atoms with Crippen molar-refractivity contribution in [2.45, 2.75) is 26.8 Å². The maximum absolute atomic E-state index is 13.5. The van der Waals surface area contributed by atoms with Crippen LogP contribution in [0.5, 0.6) is 5.75 Å². The summed E-state index contributed by atoms with van der Waals surface area (Å²) in [5.74, 6) is 0.213. The minimum atomic E-state index is -0.537. The van der Waals surface area contributed by atoms with Crippen LogP contribution in [0, 0.1) is 19.3 Å². The summed E-state index contributed by atoms with van der Waals surface area (Å²) < 4.78 is 8.31. The van der Waals surface area contributed by atoms with Crippen LogP contribution in [-0.4, -0.2) is 37.2 Å². The maximum Gasteiger partial charge on any atom is 0.267 e. The summed E-state index contributed by atoms with van der Waals surface area (Å²) in [4.78, 5) is 31.4. The van der Waals surface area contributed by atoms with Crippen molar-refractivity contribution in [1.82, 2.24) is 24.1 Å². The van der Waals surface area contributed by atoms with Crippen LogP contribution in [0.2, 0.25) is 0 Å². The molecule has 0 aliphatic heterocycles. The fraction of sp³-hybridized carbons (Fsp3) is 0.200. The highest BCUT2D eigenvalue weighted by Crippen LogP contribution is 2.17. The molecule has 0 spiro atoms. The Morgan fingerprint density at radius 2 is 1.92 bits per heavy atom. The highest BCUT2D eigenvalue weighted by atomic mass is 32.1. The van der Waals surface area contributed by atoms with Crippen molar-refractivity contribution in [3.8, 4) is 5.75 Å². The molecule has 4 aromatic heterocycles. The number of nitrogens with zero attached hydrogens (tertiary/aromatic N) is 5. The van der Waals surface area contributed by atoms with Gasteiger partial charge >= 0.3 is 0 Å². The molecule has 0 bridgehead atoms. The number of anilines is 1.